The van der Waals surface area contributed by atoms with Crippen LogP contribution in [0.1, 0.15) is 59.3 Å². The van der Waals surface area contributed by atoms with E-state index in [0.717, 1.165) is 19.3 Å². The Labute approximate surface area is 118 Å². The molecule has 3 nitrogen and oxygen atoms in total. The van der Waals surface area contributed by atoms with Gasteiger partial charge in [-0.25, -0.2) is 0 Å². The van der Waals surface area contributed by atoms with E-state index in [-0.39, 0.29) is 17.4 Å². The molecule has 1 aliphatic rings. The lowest BCUT2D eigenvalue weighted by Gasteiger charge is -2.30. The van der Waals surface area contributed by atoms with Gasteiger partial charge in [0.05, 0.1) is 0 Å². The van der Waals surface area contributed by atoms with Crippen LogP contribution in [0.3, 0.4) is 0 Å². The highest BCUT2D eigenvalue weighted by Crippen LogP contribution is 2.25. The summed E-state index contributed by atoms with van der Waals surface area (Å²) in [6, 6.07) is 0.369. The van der Waals surface area contributed by atoms with Crippen molar-refractivity contribution in [1.82, 2.24) is 4.90 Å². The summed E-state index contributed by atoms with van der Waals surface area (Å²) >= 11 is 0. The van der Waals surface area contributed by atoms with Crippen molar-refractivity contribution in [3.05, 3.63) is 12.7 Å². The summed E-state index contributed by atoms with van der Waals surface area (Å²) in [5, 5.41) is 0. The van der Waals surface area contributed by atoms with E-state index in [1.165, 1.54) is 12.8 Å². The molecule has 1 fully saturated rings. The van der Waals surface area contributed by atoms with Gasteiger partial charge in [0.25, 0.3) is 0 Å². The number of rotatable bonds is 6. The van der Waals surface area contributed by atoms with E-state index in [1.54, 1.807) is 0 Å². The van der Waals surface area contributed by atoms with Crippen LogP contribution in [0.15, 0.2) is 12.7 Å². The molecule has 0 aromatic carbocycles. The normalized spacial score (nSPS) is 18.3. The minimum Gasteiger partial charge on any atom is -0.336 e. The number of hydrogen-bond donors (Lipinski definition) is 1. The molecule has 0 aliphatic heterocycles. The number of carbonyl (C=O) groups is 1. The van der Waals surface area contributed by atoms with Gasteiger partial charge in [0.2, 0.25) is 5.91 Å². The zero-order chi connectivity index (χ0) is 14.5. The zero-order valence-electron chi connectivity index (χ0n) is 12.8. The molecule has 110 valence electrons. The monoisotopic (exact) mass is 266 g/mol. The summed E-state index contributed by atoms with van der Waals surface area (Å²) in [5.41, 5.74) is 6.30. The second kappa shape index (κ2) is 7.09. The first-order valence-corrected chi connectivity index (χ1v) is 7.49. The summed E-state index contributed by atoms with van der Waals surface area (Å²) in [6.07, 6.45) is 7.90. The largest absolute Gasteiger partial charge is 0.336 e. The van der Waals surface area contributed by atoms with Gasteiger partial charge in [-0.2, -0.15) is 0 Å². The van der Waals surface area contributed by atoms with Crippen molar-refractivity contribution in [3.8, 4) is 0 Å². The van der Waals surface area contributed by atoms with Crippen molar-refractivity contribution in [2.45, 2.75) is 71.4 Å². The molecule has 1 amide bonds. The van der Waals surface area contributed by atoms with E-state index < -0.39 is 0 Å². The Kier molecular flexibility index (Phi) is 6.05. The average molecular weight is 266 g/mol. The lowest BCUT2D eigenvalue weighted by molar-refractivity contribution is -0.133. The molecule has 0 spiro atoms. The van der Waals surface area contributed by atoms with Crippen LogP contribution in [0.4, 0.5) is 0 Å². The predicted octanol–water partition coefficient (Wildman–Crippen LogP) is 3.10. The third kappa shape index (κ3) is 5.77. The Balaban J connectivity index is 2.54. The summed E-state index contributed by atoms with van der Waals surface area (Å²) in [6.45, 7) is 10.9. The van der Waals surface area contributed by atoms with E-state index >= 15 is 0 Å². The fraction of sp³-hybridized carbons (Fsp3) is 0.812. The molecule has 1 rings (SSSR count). The molecule has 2 N–H and O–H groups in total. The van der Waals surface area contributed by atoms with E-state index in [0.29, 0.717) is 19.0 Å². The highest BCUT2D eigenvalue weighted by Gasteiger charge is 2.27. The summed E-state index contributed by atoms with van der Waals surface area (Å²) in [4.78, 5) is 14.4. The van der Waals surface area contributed by atoms with Crippen molar-refractivity contribution < 1.29 is 4.79 Å². The van der Waals surface area contributed by atoms with E-state index in [4.69, 9.17) is 5.73 Å². The molecule has 1 unspecified atom stereocenters. The van der Waals surface area contributed by atoms with Gasteiger partial charge >= 0.3 is 0 Å². The Hall–Kier alpha value is -0.830. The SMILES string of the molecule is C=CCN(C(=O)CC(N)CC(C)(C)C)C1CCCC1. The number of nitrogens with zero attached hydrogens (tertiary/aromatic N) is 1. The Bertz CT molecular complexity index is 300. The molecule has 1 aliphatic carbocycles. The summed E-state index contributed by atoms with van der Waals surface area (Å²) in [7, 11) is 0. The smallest absolute Gasteiger partial charge is 0.224 e. The molecular weight excluding hydrogens is 236 g/mol. The van der Waals surface area contributed by atoms with Crippen LogP contribution in [0.2, 0.25) is 0 Å². The first kappa shape index (κ1) is 16.2. The highest BCUT2D eigenvalue weighted by molar-refractivity contribution is 5.77. The fourth-order valence-corrected chi connectivity index (χ4v) is 3.01. The van der Waals surface area contributed by atoms with Gasteiger partial charge in [-0.3, -0.25) is 4.79 Å². The zero-order valence-corrected chi connectivity index (χ0v) is 12.8. The number of nitrogens with two attached hydrogens (primary N) is 1. The first-order valence-electron chi connectivity index (χ1n) is 7.49. The lowest BCUT2D eigenvalue weighted by atomic mass is 9.87. The maximum Gasteiger partial charge on any atom is 0.224 e. The molecule has 0 aromatic rings. The fourth-order valence-electron chi connectivity index (χ4n) is 3.01. The van der Waals surface area contributed by atoms with Gasteiger partial charge in [0, 0.05) is 25.0 Å². The Morgan fingerprint density at radius 1 is 1.42 bits per heavy atom. The van der Waals surface area contributed by atoms with Crippen molar-refractivity contribution in [2.75, 3.05) is 6.54 Å². The molecule has 3 heteroatoms. The van der Waals surface area contributed by atoms with Crippen molar-refractivity contribution in [1.29, 1.82) is 0 Å². The molecule has 0 saturated heterocycles. The summed E-state index contributed by atoms with van der Waals surface area (Å²) in [5.74, 6) is 0.198. The van der Waals surface area contributed by atoms with Crippen molar-refractivity contribution in [2.24, 2.45) is 11.1 Å². The standard InChI is InChI=1S/C16H30N2O/c1-5-10-18(14-8-6-7-9-14)15(19)11-13(17)12-16(2,3)4/h5,13-14H,1,6-12,17H2,2-4H3. The van der Waals surface area contributed by atoms with Crippen molar-refractivity contribution in [3.63, 3.8) is 0 Å². The van der Waals surface area contributed by atoms with Gasteiger partial charge in [0.1, 0.15) is 0 Å². The number of carbonyl (C=O) groups excluding carboxylic acids is 1. The second-order valence-electron chi connectivity index (χ2n) is 7.00. The Morgan fingerprint density at radius 3 is 2.47 bits per heavy atom. The van der Waals surface area contributed by atoms with Crippen LogP contribution in [-0.2, 0) is 4.79 Å². The molecule has 1 saturated carbocycles. The third-order valence-electron chi connectivity index (χ3n) is 3.72. The molecule has 19 heavy (non-hydrogen) atoms. The Morgan fingerprint density at radius 2 is 2.00 bits per heavy atom. The van der Waals surface area contributed by atoms with E-state index in [2.05, 4.69) is 27.4 Å². The van der Waals surface area contributed by atoms with Gasteiger partial charge in [-0.1, -0.05) is 39.7 Å². The molecule has 0 radical (unpaired) electrons. The molecular formula is C16H30N2O. The molecule has 1 atom stereocenters. The van der Waals surface area contributed by atoms with Crippen LogP contribution < -0.4 is 5.73 Å². The quantitative estimate of drug-likeness (QED) is 0.751. The lowest BCUT2D eigenvalue weighted by Crippen LogP contribution is -2.42. The van der Waals surface area contributed by atoms with E-state index in [9.17, 15) is 4.79 Å². The summed E-state index contributed by atoms with van der Waals surface area (Å²) < 4.78 is 0. The van der Waals surface area contributed by atoms with Gasteiger partial charge in [-0.05, 0) is 24.7 Å². The van der Waals surface area contributed by atoms with Gasteiger partial charge in [-0.15, -0.1) is 6.58 Å². The second-order valence-corrected chi connectivity index (χ2v) is 7.00. The average Bonchev–Trinajstić information content (AvgIpc) is 2.75. The van der Waals surface area contributed by atoms with Gasteiger partial charge < -0.3 is 10.6 Å². The van der Waals surface area contributed by atoms with Gasteiger partial charge in [0.15, 0.2) is 0 Å². The predicted molar refractivity (Wildman–Crippen MR) is 80.8 cm³/mol. The number of hydrogen-bond acceptors (Lipinski definition) is 2. The van der Waals surface area contributed by atoms with Crippen LogP contribution in [0.25, 0.3) is 0 Å². The minimum atomic E-state index is -0.0405. The maximum absolute atomic E-state index is 12.4. The van der Waals surface area contributed by atoms with Crippen molar-refractivity contribution >= 4 is 5.91 Å². The van der Waals surface area contributed by atoms with E-state index in [1.807, 2.05) is 11.0 Å². The van der Waals surface area contributed by atoms with Crippen LogP contribution in [-0.4, -0.2) is 29.4 Å². The van der Waals surface area contributed by atoms with Crippen LogP contribution in [0.5, 0.6) is 0 Å². The third-order valence-corrected chi connectivity index (χ3v) is 3.72. The minimum absolute atomic E-state index is 0.0405. The molecule has 0 heterocycles. The van der Waals surface area contributed by atoms with Crippen LogP contribution in [0, 0.1) is 5.41 Å². The maximum atomic E-state index is 12.4. The number of amides is 1. The highest BCUT2D eigenvalue weighted by atomic mass is 16.2. The topological polar surface area (TPSA) is 46.3 Å². The molecule has 0 bridgehead atoms. The first-order chi connectivity index (χ1) is 8.83. The van der Waals surface area contributed by atoms with Crippen LogP contribution >= 0.6 is 0 Å². The molecule has 0 aromatic heterocycles.